The molecule has 0 aliphatic carbocycles. The van der Waals surface area contributed by atoms with Gasteiger partial charge >= 0.3 is 6.18 Å². The van der Waals surface area contributed by atoms with Crippen molar-refractivity contribution in [2.75, 3.05) is 0 Å². The van der Waals surface area contributed by atoms with Gasteiger partial charge in [0.15, 0.2) is 0 Å². The Bertz CT molecular complexity index is 264. The van der Waals surface area contributed by atoms with E-state index in [1.165, 1.54) is 0 Å². The third-order valence-electron chi connectivity index (χ3n) is 1.30. The lowest BCUT2D eigenvalue weighted by atomic mass is 10.2. The summed E-state index contributed by atoms with van der Waals surface area (Å²) in [4.78, 5) is 3.06. The Hall–Kier alpha value is -0.580. The maximum absolute atomic E-state index is 12.0. The van der Waals surface area contributed by atoms with E-state index in [9.17, 15) is 13.2 Å². The maximum Gasteiger partial charge on any atom is 0.427 e. The number of hydrogen-bond donors (Lipinski definition) is 0. The molecule has 1 rings (SSSR count). The minimum Gasteiger partial charge on any atom is -0.249 e. The summed E-state index contributed by atoms with van der Waals surface area (Å²) in [6.45, 7) is 3.64. The Balaban J connectivity index is 2.92. The van der Waals surface area contributed by atoms with Crippen molar-refractivity contribution < 1.29 is 13.2 Å². The standard InChI is InChI=1S/C7H8F3NS/c1-4(2)6-11-3-5(12-6)7(8,9)10/h3-4H,1-2H3. The Morgan fingerprint density at radius 2 is 2.00 bits per heavy atom. The molecule has 0 aliphatic heterocycles. The highest BCUT2D eigenvalue weighted by Gasteiger charge is 2.33. The van der Waals surface area contributed by atoms with Crippen LogP contribution in [0.1, 0.15) is 29.7 Å². The minimum atomic E-state index is -4.25. The summed E-state index contributed by atoms with van der Waals surface area (Å²) in [6.07, 6.45) is -3.36. The van der Waals surface area contributed by atoms with Gasteiger partial charge in [-0.3, -0.25) is 0 Å². The zero-order valence-corrected chi connectivity index (χ0v) is 7.46. The van der Waals surface area contributed by atoms with Gasteiger partial charge in [-0.15, -0.1) is 11.3 Å². The van der Waals surface area contributed by atoms with Crippen molar-refractivity contribution in [1.82, 2.24) is 4.98 Å². The van der Waals surface area contributed by atoms with E-state index < -0.39 is 11.1 Å². The average molecular weight is 195 g/mol. The van der Waals surface area contributed by atoms with Gasteiger partial charge in [-0.25, -0.2) is 4.98 Å². The highest BCUT2D eigenvalue weighted by molar-refractivity contribution is 7.11. The molecule has 0 aliphatic rings. The summed E-state index contributed by atoms with van der Waals surface area (Å²) in [6, 6.07) is 0. The largest absolute Gasteiger partial charge is 0.427 e. The Labute approximate surface area is 72.2 Å². The van der Waals surface area contributed by atoms with Gasteiger partial charge < -0.3 is 0 Å². The van der Waals surface area contributed by atoms with Crippen LogP contribution in [0.5, 0.6) is 0 Å². The van der Waals surface area contributed by atoms with Crippen LogP contribution in [0.2, 0.25) is 0 Å². The molecule has 0 saturated heterocycles. The molecule has 0 saturated carbocycles. The number of aromatic nitrogens is 1. The molecule has 0 radical (unpaired) electrons. The minimum absolute atomic E-state index is 0.0612. The average Bonchev–Trinajstić information content (AvgIpc) is 2.30. The first-order valence-electron chi connectivity index (χ1n) is 3.44. The molecule has 1 heterocycles. The topological polar surface area (TPSA) is 12.9 Å². The van der Waals surface area contributed by atoms with Crippen molar-refractivity contribution in [1.29, 1.82) is 0 Å². The van der Waals surface area contributed by atoms with Crippen molar-refractivity contribution in [3.8, 4) is 0 Å². The van der Waals surface area contributed by atoms with E-state index in [-0.39, 0.29) is 5.92 Å². The van der Waals surface area contributed by atoms with Gasteiger partial charge in [0.1, 0.15) is 4.88 Å². The van der Waals surface area contributed by atoms with Crippen LogP contribution in [0, 0.1) is 0 Å². The van der Waals surface area contributed by atoms with E-state index in [0.29, 0.717) is 16.3 Å². The van der Waals surface area contributed by atoms with Gasteiger partial charge in [0, 0.05) is 5.92 Å². The van der Waals surface area contributed by atoms with Crippen LogP contribution in [0.25, 0.3) is 0 Å². The van der Waals surface area contributed by atoms with E-state index in [0.717, 1.165) is 6.20 Å². The molecule has 0 aromatic carbocycles. The van der Waals surface area contributed by atoms with E-state index >= 15 is 0 Å². The van der Waals surface area contributed by atoms with Gasteiger partial charge in [0.05, 0.1) is 11.2 Å². The zero-order chi connectivity index (χ0) is 9.35. The van der Waals surface area contributed by atoms with Gasteiger partial charge in [-0.1, -0.05) is 13.8 Å². The van der Waals surface area contributed by atoms with E-state index in [4.69, 9.17) is 0 Å². The Morgan fingerprint density at radius 3 is 2.25 bits per heavy atom. The zero-order valence-electron chi connectivity index (χ0n) is 6.64. The van der Waals surface area contributed by atoms with Gasteiger partial charge in [-0.2, -0.15) is 13.2 Å². The second-order valence-corrected chi connectivity index (χ2v) is 3.78. The lowest BCUT2D eigenvalue weighted by Gasteiger charge is -2.00. The number of halogens is 3. The lowest BCUT2D eigenvalue weighted by Crippen LogP contribution is -2.00. The Kier molecular flexibility index (Phi) is 2.41. The highest BCUT2D eigenvalue weighted by Crippen LogP contribution is 2.34. The molecule has 1 aromatic heterocycles. The predicted molar refractivity (Wildman–Crippen MR) is 41.2 cm³/mol. The second kappa shape index (κ2) is 3.05. The molecular formula is C7H8F3NS. The number of rotatable bonds is 1. The second-order valence-electron chi connectivity index (χ2n) is 2.72. The first-order valence-corrected chi connectivity index (χ1v) is 4.26. The highest BCUT2D eigenvalue weighted by atomic mass is 32.1. The summed E-state index contributed by atoms with van der Waals surface area (Å²) < 4.78 is 36.1. The van der Waals surface area contributed by atoms with Gasteiger partial charge in [0.25, 0.3) is 0 Å². The molecule has 1 aromatic rings. The molecular weight excluding hydrogens is 187 g/mol. The summed E-state index contributed by atoms with van der Waals surface area (Å²) in [5.41, 5.74) is 0. The molecule has 0 N–H and O–H groups in total. The van der Waals surface area contributed by atoms with E-state index in [2.05, 4.69) is 4.98 Å². The fourth-order valence-corrected chi connectivity index (χ4v) is 1.47. The van der Waals surface area contributed by atoms with Gasteiger partial charge in [0.2, 0.25) is 0 Å². The summed E-state index contributed by atoms with van der Waals surface area (Å²) >= 11 is 0.712. The van der Waals surface area contributed by atoms with Gasteiger partial charge in [-0.05, 0) is 0 Å². The number of thiazole rings is 1. The van der Waals surface area contributed by atoms with Crippen LogP contribution >= 0.6 is 11.3 Å². The van der Waals surface area contributed by atoms with Crippen LogP contribution in [-0.4, -0.2) is 4.98 Å². The first kappa shape index (κ1) is 9.51. The SMILES string of the molecule is CC(C)c1ncc(C(F)(F)F)s1. The maximum atomic E-state index is 12.0. The van der Waals surface area contributed by atoms with E-state index in [1.807, 2.05) is 13.8 Å². The molecule has 0 atom stereocenters. The number of nitrogens with zero attached hydrogens (tertiary/aromatic N) is 1. The predicted octanol–water partition coefficient (Wildman–Crippen LogP) is 3.29. The summed E-state index contributed by atoms with van der Waals surface area (Å²) in [5, 5.41) is 0.530. The molecule has 68 valence electrons. The van der Waals surface area contributed by atoms with Crippen LogP contribution in [-0.2, 0) is 6.18 Å². The molecule has 5 heteroatoms. The molecule has 0 spiro atoms. The molecule has 0 bridgehead atoms. The van der Waals surface area contributed by atoms with Crippen molar-refractivity contribution >= 4 is 11.3 Å². The molecule has 12 heavy (non-hydrogen) atoms. The quantitative estimate of drug-likeness (QED) is 0.670. The third-order valence-corrected chi connectivity index (χ3v) is 2.64. The van der Waals surface area contributed by atoms with Crippen LogP contribution < -0.4 is 0 Å². The lowest BCUT2D eigenvalue weighted by molar-refractivity contribution is -0.134. The number of alkyl halides is 3. The summed E-state index contributed by atoms with van der Waals surface area (Å²) in [7, 11) is 0. The summed E-state index contributed by atoms with van der Waals surface area (Å²) in [5.74, 6) is 0.0612. The molecule has 0 fully saturated rings. The van der Waals surface area contributed by atoms with Crippen LogP contribution in [0.4, 0.5) is 13.2 Å². The first-order chi connectivity index (χ1) is 5.41. The fourth-order valence-electron chi connectivity index (χ4n) is 0.686. The van der Waals surface area contributed by atoms with Crippen LogP contribution in [0.3, 0.4) is 0 Å². The Morgan fingerprint density at radius 1 is 1.42 bits per heavy atom. The molecule has 0 unspecified atom stereocenters. The third kappa shape index (κ3) is 1.97. The number of hydrogen-bond acceptors (Lipinski definition) is 2. The van der Waals surface area contributed by atoms with Crippen molar-refractivity contribution in [3.63, 3.8) is 0 Å². The monoisotopic (exact) mass is 195 g/mol. The molecule has 0 amide bonds. The fraction of sp³-hybridized carbons (Fsp3) is 0.571. The van der Waals surface area contributed by atoms with Crippen molar-refractivity contribution in [2.24, 2.45) is 0 Å². The van der Waals surface area contributed by atoms with E-state index in [1.54, 1.807) is 0 Å². The smallest absolute Gasteiger partial charge is 0.249 e. The van der Waals surface area contributed by atoms with Crippen LogP contribution in [0.15, 0.2) is 6.20 Å². The molecule has 1 nitrogen and oxygen atoms in total. The van der Waals surface area contributed by atoms with Crippen molar-refractivity contribution in [2.45, 2.75) is 25.9 Å². The van der Waals surface area contributed by atoms with Crippen molar-refractivity contribution in [3.05, 3.63) is 16.1 Å². The normalized spacial score (nSPS) is 12.5.